The smallest absolute Gasteiger partial charge is 0.315 e. The maximum absolute atomic E-state index is 5.87. The highest BCUT2D eigenvalue weighted by atomic mass is 16.4. The second-order valence-electron chi connectivity index (χ2n) is 4.94. The summed E-state index contributed by atoms with van der Waals surface area (Å²) in [4.78, 5) is 2.38. The van der Waals surface area contributed by atoms with Crippen molar-refractivity contribution in [3.8, 4) is 0 Å². The van der Waals surface area contributed by atoms with Gasteiger partial charge in [-0.1, -0.05) is 18.9 Å². The van der Waals surface area contributed by atoms with Gasteiger partial charge in [-0.3, -0.25) is 0 Å². The molecule has 1 rings (SSSR count). The minimum atomic E-state index is -0.589. The third-order valence-corrected chi connectivity index (χ3v) is 2.80. The minimum absolute atomic E-state index is 0.447. The fourth-order valence-electron chi connectivity index (χ4n) is 1.59. The molecule has 18 heavy (non-hydrogen) atoms. The Bertz CT molecular complexity index is 340. The van der Waals surface area contributed by atoms with E-state index in [-0.39, 0.29) is 0 Å². The van der Waals surface area contributed by atoms with E-state index in [2.05, 4.69) is 34.3 Å². The van der Waals surface area contributed by atoms with Crippen LogP contribution < -0.4 is 11.1 Å². The lowest BCUT2D eigenvalue weighted by Crippen LogP contribution is -2.29. The number of rotatable bonds is 8. The zero-order chi connectivity index (χ0) is 13.6. The van der Waals surface area contributed by atoms with Crippen LogP contribution in [0.2, 0.25) is 0 Å². The summed E-state index contributed by atoms with van der Waals surface area (Å²) in [7, 11) is 0. The quantitative estimate of drug-likeness (QED) is 0.684. The molecular weight excluding hydrogens is 230 g/mol. The summed E-state index contributed by atoms with van der Waals surface area (Å²) >= 11 is 0. The Kier molecular flexibility index (Phi) is 5.55. The van der Waals surface area contributed by atoms with Crippen LogP contribution in [0.3, 0.4) is 0 Å². The van der Waals surface area contributed by atoms with Crippen molar-refractivity contribution in [2.45, 2.75) is 39.7 Å². The maximum Gasteiger partial charge on any atom is 0.315 e. The third-order valence-electron chi connectivity index (χ3n) is 2.80. The molecule has 0 bridgehead atoms. The number of nitrogens with one attached hydrogen (secondary N) is 1. The molecule has 104 valence electrons. The monoisotopic (exact) mass is 255 g/mol. The van der Waals surface area contributed by atoms with Gasteiger partial charge in [0.05, 0.1) is 5.54 Å². The van der Waals surface area contributed by atoms with Crippen LogP contribution in [0.15, 0.2) is 4.42 Å². The van der Waals surface area contributed by atoms with E-state index in [1.54, 1.807) is 0 Å². The molecule has 0 aliphatic heterocycles. The lowest BCUT2D eigenvalue weighted by atomic mass is 10.1. The number of hydrogen-bond donors (Lipinski definition) is 2. The first-order chi connectivity index (χ1) is 8.47. The highest BCUT2D eigenvalue weighted by molar-refractivity contribution is 5.17. The van der Waals surface area contributed by atoms with E-state index in [0.717, 1.165) is 32.6 Å². The number of anilines is 1. The Morgan fingerprint density at radius 2 is 1.94 bits per heavy atom. The SMILES string of the molecule is CCN(CC)CCCNc1nnc(C(C)(C)N)o1. The van der Waals surface area contributed by atoms with Crippen LogP contribution in [-0.2, 0) is 5.54 Å². The number of nitrogens with two attached hydrogens (primary N) is 1. The van der Waals surface area contributed by atoms with Gasteiger partial charge in [-0.25, -0.2) is 0 Å². The molecule has 0 fully saturated rings. The van der Waals surface area contributed by atoms with E-state index in [4.69, 9.17) is 10.2 Å². The summed E-state index contributed by atoms with van der Waals surface area (Å²) in [6.07, 6.45) is 1.05. The molecule has 0 saturated carbocycles. The average Bonchev–Trinajstić information content (AvgIpc) is 2.78. The van der Waals surface area contributed by atoms with Gasteiger partial charge >= 0.3 is 6.01 Å². The topological polar surface area (TPSA) is 80.2 Å². The summed E-state index contributed by atoms with van der Waals surface area (Å²) in [5.41, 5.74) is 5.28. The lowest BCUT2D eigenvalue weighted by molar-refractivity contribution is 0.302. The molecule has 0 radical (unpaired) electrons. The van der Waals surface area contributed by atoms with Crippen LogP contribution in [-0.4, -0.2) is 41.3 Å². The normalized spacial score (nSPS) is 12.1. The molecule has 0 aliphatic rings. The molecular formula is C12H25N5O. The van der Waals surface area contributed by atoms with Crippen molar-refractivity contribution in [1.29, 1.82) is 0 Å². The second kappa shape index (κ2) is 6.70. The fraction of sp³-hybridized carbons (Fsp3) is 0.833. The fourth-order valence-corrected chi connectivity index (χ4v) is 1.59. The molecule has 0 atom stereocenters. The highest BCUT2D eigenvalue weighted by Crippen LogP contribution is 2.16. The largest absolute Gasteiger partial charge is 0.406 e. The summed E-state index contributed by atoms with van der Waals surface area (Å²) in [5.74, 6) is 0.453. The molecule has 6 heteroatoms. The predicted octanol–water partition coefficient (Wildman–Crippen LogP) is 1.41. The summed E-state index contributed by atoms with van der Waals surface area (Å²) in [6.45, 7) is 12.1. The van der Waals surface area contributed by atoms with Crippen LogP contribution in [0, 0.1) is 0 Å². The van der Waals surface area contributed by atoms with E-state index in [1.165, 1.54) is 0 Å². The zero-order valence-corrected chi connectivity index (χ0v) is 11.9. The molecule has 0 unspecified atom stereocenters. The molecule has 0 aromatic carbocycles. The Balaban J connectivity index is 2.30. The summed E-state index contributed by atoms with van der Waals surface area (Å²) in [5, 5.41) is 11.0. The van der Waals surface area contributed by atoms with Crippen LogP contribution in [0.5, 0.6) is 0 Å². The van der Waals surface area contributed by atoms with Gasteiger partial charge in [0.15, 0.2) is 0 Å². The second-order valence-corrected chi connectivity index (χ2v) is 4.94. The van der Waals surface area contributed by atoms with E-state index in [9.17, 15) is 0 Å². The Morgan fingerprint density at radius 1 is 1.28 bits per heavy atom. The lowest BCUT2D eigenvalue weighted by Gasteiger charge is -2.17. The molecule has 6 nitrogen and oxygen atoms in total. The molecule has 0 spiro atoms. The van der Waals surface area contributed by atoms with Crippen molar-refractivity contribution in [3.05, 3.63) is 5.89 Å². The third kappa shape index (κ3) is 4.62. The van der Waals surface area contributed by atoms with E-state index in [0.29, 0.717) is 11.9 Å². The number of nitrogens with zero attached hydrogens (tertiary/aromatic N) is 3. The van der Waals surface area contributed by atoms with E-state index < -0.39 is 5.54 Å². The first-order valence-electron chi connectivity index (χ1n) is 6.56. The Morgan fingerprint density at radius 3 is 2.44 bits per heavy atom. The van der Waals surface area contributed by atoms with Crippen molar-refractivity contribution >= 4 is 6.01 Å². The van der Waals surface area contributed by atoms with Gasteiger partial charge in [0.2, 0.25) is 5.89 Å². The number of hydrogen-bond acceptors (Lipinski definition) is 6. The standard InChI is InChI=1S/C12H25N5O/c1-5-17(6-2)9-7-8-14-11-16-15-10(18-11)12(3,4)13/h5-9,13H2,1-4H3,(H,14,16). The van der Waals surface area contributed by atoms with Crippen molar-refractivity contribution in [2.75, 3.05) is 31.5 Å². The van der Waals surface area contributed by atoms with E-state index >= 15 is 0 Å². The van der Waals surface area contributed by atoms with Gasteiger partial charge in [0, 0.05) is 6.54 Å². The van der Waals surface area contributed by atoms with Gasteiger partial charge in [0.1, 0.15) is 0 Å². The van der Waals surface area contributed by atoms with Gasteiger partial charge in [-0.2, -0.15) is 0 Å². The molecule has 1 aromatic heterocycles. The van der Waals surface area contributed by atoms with Crippen LogP contribution in [0.1, 0.15) is 40.0 Å². The van der Waals surface area contributed by atoms with Gasteiger partial charge in [0.25, 0.3) is 0 Å². The van der Waals surface area contributed by atoms with Crippen molar-refractivity contribution in [3.63, 3.8) is 0 Å². The van der Waals surface area contributed by atoms with Crippen LogP contribution >= 0.6 is 0 Å². The first-order valence-corrected chi connectivity index (χ1v) is 6.56. The molecule has 1 aromatic rings. The van der Waals surface area contributed by atoms with Gasteiger partial charge in [-0.15, -0.1) is 5.10 Å². The van der Waals surface area contributed by atoms with Crippen molar-refractivity contribution < 1.29 is 4.42 Å². The Labute approximate surface area is 109 Å². The first kappa shape index (κ1) is 14.9. The molecule has 0 aliphatic carbocycles. The predicted molar refractivity (Wildman–Crippen MR) is 72.4 cm³/mol. The van der Waals surface area contributed by atoms with Crippen molar-refractivity contribution in [1.82, 2.24) is 15.1 Å². The van der Waals surface area contributed by atoms with Crippen LogP contribution in [0.25, 0.3) is 0 Å². The number of aromatic nitrogens is 2. The minimum Gasteiger partial charge on any atom is -0.406 e. The average molecular weight is 255 g/mol. The zero-order valence-electron chi connectivity index (χ0n) is 11.9. The van der Waals surface area contributed by atoms with Crippen LogP contribution in [0.4, 0.5) is 6.01 Å². The Hall–Kier alpha value is -1.14. The molecule has 3 N–H and O–H groups in total. The molecule has 0 amide bonds. The summed E-state index contributed by atoms with van der Waals surface area (Å²) in [6, 6.07) is 0.447. The maximum atomic E-state index is 5.87. The summed E-state index contributed by atoms with van der Waals surface area (Å²) < 4.78 is 5.44. The van der Waals surface area contributed by atoms with Gasteiger partial charge < -0.3 is 20.4 Å². The molecule has 0 saturated heterocycles. The van der Waals surface area contributed by atoms with Gasteiger partial charge in [-0.05, 0) is 39.9 Å². The van der Waals surface area contributed by atoms with Crippen molar-refractivity contribution in [2.24, 2.45) is 5.73 Å². The van der Waals surface area contributed by atoms with E-state index in [1.807, 2.05) is 13.8 Å². The molecule has 1 heterocycles. The highest BCUT2D eigenvalue weighted by Gasteiger charge is 2.21.